The summed E-state index contributed by atoms with van der Waals surface area (Å²) in [6.45, 7) is 2.05. The van der Waals surface area contributed by atoms with Crippen molar-refractivity contribution in [3.8, 4) is 5.82 Å². The van der Waals surface area contributed by atoms with Crippen LogP contribution in [0.25, 0.3) is 5.82 Å². The number of anilines is 1. The molecule has 0 aliphatic heterocycles. The Morgan fingerprint density at radius 1 is 1.36 bits per heavy atom. The van der Waals surface area contributed by atoms with Gasteiger partial charge in [0.05, 0.1) is 0 Å². The van der Waals surface area contributed by atoms with Crippen molar-refractivity contribution in [3.63, 3.8) is 0 Å². The molecule has 2 heterocycles. The first-order chi connectivity index (χ1) is 6.81. The van der Waals surface area contributed by atoms with Crippen LogP contribution < -0.4 is 5.73 Å². The fourth-order valence-corrected chi connectivity index (χ4v) is 1.30. The molecule has 5 nitrogen and oxygen atoms in total. The highest BCUT2D eigenvalue weighted by molar-refractivity contribution is 5.36. The van der Waals surface area contributed by atoms with Gasteiger partial charge in [0, 0.05) is 24.9 Å². The van der Waals surface area contributed by atoms with E-state index in [-0.39, 0.29) is 0 Å². The van der Waals surface area contributed by atoms with Gasteiger partial charge >= 0.3 is 0 Å². The first-order valence-corrected chi connectivity index (χ1v) is 4.41. The Hall–Kier alpha value is -1.91. The molecule has 2 aromatic rings. The van der Waals surface area contributed by atoms with Gasteiger partial charge in [-0.15, -0.1) is 0 Å². The zero-order valence-corrected chi connectivity index (χ0v) is 7.88. The molecular weight excluding hydrogens is 178 g/mol. The molecule has 0 spiro atoms. The Bertz CT molecular complexity index is 434. The maximum absolute atomic E-state index is 5.57. The van der Waals surface area contributed by atoms with E-state index in [4.69, 9.17) is 5.73 Å². The molecule has 72 valence electrons. The Balaban J connectivity index is 2.49. The molecular formula is C9H11N5. The molecule has 0 unspecified atom stereocenters. The van der Waals surface area contributed by atoms with E-state index in [1.807, 2.05) is 17.7 Å². The third kappa shape index (κ3) is 1.44. The van der Waals surface area contributed by atoms with Crippen molar-refractivity contribution < 1.29 is 0 Å². The number of hydrogen-bond acceptors (Lipinski definition) is 4. The molecule has 0 saturated carbocycles. The van der Waals surface area contributed by atoms with Crippen molar-refractivity contribution in [2.75, 3.05) is 5.73 Å². The maximum atomic E-state index is 5.57. The minimum atomic E-state index is 0.464. The normalized spacial score (nSPS) is 10.4. The lowest BCUT2D eigenvalue weighted by Gasteiger charge is -2.04. The second-order valence-corrected chi connectivity index (χ2v) is 2.87. The van der Waals surface area contributed by atoms with Crippen molar-refractivity contribution in [3.05, 3.63) is 30.6 Å². The number of imidazole rings is 1. The van der Waals surface area contributed by atoms with Gasteiger partial charge in [-0.3, -0.25) is 4.57 Å². The van der Waals surface area contributed by atoms with Crippen molar-refractivity contribution in [1.29, 1.82) is 0 Å². The molecule has 0 radical (unpaired) electrons. The fraction of sp³-hybridized carbons (Fsp3) is 0.222. The Morgan fingerprint density at radius 3 is 2.93 bits per heavy atom. The van der Waals surface area contributed by atoms with Crippen LogP contribution in [0.2, 0.25) is 0 Å². The van der Waals surface area contributed by atoms with E-state index in [2.05, 4.69) is 15.0 Å². The van der Waals surface area contributed by atoms with Crippen molar-refractivity contribution in [2.45, 2.75) is 13.3 Å². The van der Waals surface area contributed by atoms with Gasteiger partial charge in [-0.1, -0.05) is 6.92 Å². The Morgan fingerprint density at radius 2 is 2.21 bits per heavy atom. The third-order valence-corrected chi connectivity index (χ3v) is 1.95. The molecule has 5 heteroatoms. The average molecular weight is 189 g/mol. The number of aromatic nitrogens is 4. The van der Waals surface area contributed by atoms with Crippen LogP contribution in [-0.4, -0.2) is 19.5 Å². The van der Waals surface area contributed by atoms with E-state index < -0.39 is 0 Å². The summed E-state index contributed by atoms with van der Waals surface area (Å²) in [5, 5.41) is 0. The van der Waals surface area contributed by atoms with E-state index in [1.54, 1.807) is 12.3 Å². The smallest absolute Gasteiger partial charge is 0.143 e. The Labute approximate surface area is 81.6 Å². The van der Waals surface area contributed by atoms with Gasteiger partial charge in [-0.2, -0.15) is 0 Å². The van der Waals surface area contributed by atoms with Crippen LogP contribution in [0.5, 0.6) is 0 Å². The number of rotatable bonds is 2. The highest BCUT2D eigenvalue weighted by Crippen LogP contribution is 2.09. The largest absolute Gasteiger partial charge is 0.384 e. The zero-order valence-electron chi connectivity index (χ0n) is 7.88. The molecule has 0 atom stereocenters. The molecule has 0 aliphatic rings. The van der Waals surface area contributed by atoms with Crippen LogP contribution >= 0.6 is 0 Å². The molecule has 2 N–H and O–H groups in total. The molecule has 2 aromatic heterocycles. The second kappa shape index (κ2) is 3.45. The predicted octanol–water partition coefficient (Wildman–Crippen LogP) is 0.807. The maximum Gasteiger partial charge on any atom is 0.143 e. The van der Waals surface area contributed by atoms with Gasteiger partial charge in [0.2, 0.25) is 0 Å². The number of nitrogens with zero attached hydrogens (tertiary/aromatic N) is 4. The SMILES string of the molecule is CCc1nccn1-c1cc(N)ncn1. The van der Waals surface area contributed by atoms with Gasteiger partial charge < -0.3 is 5.73 Å². The number of nitrogen functional groups attached to an aromatic ring is 1. The summed E-state index contributed by atoms with van der Waals surface area (Å²) in [5.41, 5.74) is 5.57. The van der Waals surface area contributed by atoms with E-state index in [9.17, 15) is 0 Å². The van der Waals surface area contributed by atoms with E-state index in [1.165, 1.54) is 6.33 Å². The summed E-state index contributed by atoms with van der Waals surface area (Å²) < 4.78 is 1.90. The van der Waals surface area contributed by atoms with Gasteiger partial charge in [0.1, 0.15) is 23.8 Å². The summed E-state index contributed by atoms with van der Waals surface area (Å²) in [7, 11) is 0. The lowest BCUT2D eigenvalue weighted by molar-refractivity contribution is 0.862. The van der Waals surface area contributed by atoms with Crippen molar-refractivity contribution in [2.24, 2.45) is 0 Å². The van der Waals surface area contributed by atoms with Crippen LogP contribution in [0, 0.1) is 0 Å². The van der Waals surface area contributed by atoms with E-state index >= 15 is 0 Å². The second-order valence-electron chi connectivity index (χ2n) is 2.87. The topological polar surface area (TPSA) is 69.6 Å². The van der Waals surface area contributed by atoms with E-state index in [0.717, 1.165) is 18.1 Å². The number of aryl methyl sites for hydroxylation is 1. The molecule has 0 amide bonds. The molecule has 0 aliphatic carbocycles. The summed E-state index contributed by atoms with van der Waals surface area (Å²) in [6.07, 6.45) is 5.92. The molecule has 0 saturated heterocycles. The zero-order chi connectivity index (χ0) is 9.97. The molecule has 0 bridgehead atoms. The first kappa shape index (κ1) is 8.68. The van der Waals surface area contributed by atoms with Gasteiger partial charge in [-0.25, -0.2) is 15.0 Å². The fourth-order valence-electron chi connectivity index (χ4n) is 1.30. The van der Waals surface area contributed by atoms with Crippen LogP contribution in [-0.2, 0) is 6.42 Å². The van der Waals surface area contributed by atoms with Crippen LogP contribution in [0.1, 0.15) is 12.7 Å². The Kier molecular flexibility index (Phi) is 2.14. The molecule has 14 heavy (non-hydrogen) atoms. The van der Waals surface area contributed by atoms with Crippen LogP contribution in [0.3, 0.4) is 0 Å². The predicted molar refractivity (Wildman–Crippen MR) is 52.9 cm³/mol. The minimum absolute atomic E-state index is 0.464. The van der Waals surface area contributed by atoms with Gasteiger partial charge in [-0.05, 0) is 0 Å². The van der Waals surface area contributed by atoms with E-state index in [0.29, 0.717) is 5.82 Å². The molecule has 0 aromatic carbocycles. The highest BCUT2D eigenvalue weighted by Gasteiger charge is 2.03. The van der Waals surface area contributed by atoms with Crippen molar-refractivity contribution in [1.82, 2.24) is 19.5 Å². The minimum Gasteiger partial charge on any atom is -0.384 e. The lowest BCUT2D eigenvalue weighted by Crippen LogP contribution is -2.03. The van der Waals surface area contributed by atoms with Crippen LogP contribution in [0.4, 0.5) is 5.82 Å². The average Bonchev–Trinajstić information content (AvgIpc) is 2.65. The number of hydrogen-bond donors (Lipinski definition) is 1. The summed E-state index contributed by atoms with van der Waals surface area (Å²) in [5.74, 6) is 2.18. The lowest BCUT2D eigenvalue weighted by atomic mass is 10.4. The highest BCUT2D eigenvalue weighted by atomic mass is 15.1. The van der Waals surface area contributed by atoms with Gasteiger partial charge in [0.25, 0.3) is 0 Å². The summed E-state index contributed by atoms with van der Waals surface area (Å²) in [4.78, 5) is 12.2. The first-order valence-electron chi connectivity index (χ1n) is 4.41. The quantitative estimate of drug-likeness (QED) is 0.758. The van der Waals surface area contributed by atoms with Gasteiger partial charge in [0.15, 0.2) is 0 Å². The van der Waals surface area contributed by atoms with Crippen LogP contribution in [0.15, 0.2) is 24.8 Å². The summed E-state index contributed by atoms with van der Waals surface area (Å²) >= 11 is 0. The molecule has 2 rings (SSSR count). The summed E-state index contributed by atoms with van der Waals surface area (Å²) in [6, 6.07) is 1.72. The standard InChI is InChI=1S/C9H11N5/c1-2-8-11-3-4-14(8)9-5-7(10)12-6-13-9/h3-6H,2H2,1H3,(H2,10,12,13). The number of nitrogens with two attached hydrogens (primary N) is 1. The third-order valence-electron chi connectivity index (χ3n) is 1.95. The monoisotopic (exact) mass is 189 g/mol. The molecule has 0 fully saturated rings. The van der Waals surface area contributed by atoms with Crippen molar-refractivity contribution >= 4 is 5.82 Å².